The largest absolute Gasteiger partial charge is 0.372 e. The number of rotatable bonds is 7. The molecule has 33 heavy (non-hydrogen) atoms. The lowest BCUT2D eigenvalue weighted by molar-refractivity contribution is -0.121. The SMILES string of the molecule is Cc1nn(C)c2[nH]c(=O)c(CCC(=O)NCc3ccc(N(C)C4CCCCC4)cc3)c(C)c12. The van der Waals surface area contributed by atoms with Crippen LogP contribution in [0.2, 0.25) is 0 Å². The Morgan fingerprint density at radius 2 is 1.88 bits per heavy atom. The zero-order valence-electron chi connectivity index (χ0n) is 20.2. The number of nitrogens with zero attached hydrogens (tertiary/aromatic N) is 3. The number of benzene rings is 1. The number of hydrogen-bond acceptors (Lipinski definition) is 4. The van der Waals surface area contributed by atoms with Crippen molar-refractivity contribution in [2.45, 2.75) is 71.4 Å². The Hall–Kier alpha value is -3.09. The molecule has 1 aliphatic carbocycles. The van der Waals surface area contributed by atoms with E-state index in [1.165, 1.54) is 37.8 Å². The molecule has 1 saturated carbocycles. The third kappa shape index (κ3) is 4.97. The van der Waals surface area contributed by atoms with Crippen molar-refractivity contribution in [3.63, 3.8) is 0 Å². The van der Waals surface area contributed by atoms with Gasteiger partial charge in [0.25, 0.3) is 5.56 Å². The van der Waals surface area contributed by atoms with Crippen molar-refractivity contribution in [1.29, 1.82) is 0 Å². The number of fused-ring (bicyclic) bond motifs is 1. The van der Waals surface area contributed by atoms with Crippen LogP contribution in [0.5, 0.6) is 0 Å². The molecule has 1 fully saturated rings. The van der Waals surface area contributed by atoms with Crippen LogP contribution in [0, 0.1) is 13.8 Å². The molecule has 0 atom stereocenters. The first kappa shape index (κ1) is 23.1. The lowest BCUT2D eigenvalue weighted by atomic mass is 9.94. The maximum atomic E-state index is 12.6. The van der Waals surface area contributed by atoms with Gasteiger partial charge in [0.05, 0.1) is 5.69 Å². The number of anilines is 1. The lowest BCUT2D eigenvalue weighted by Crippen LogP contribution is -2.33. The van der Waals surface area contributed by atoms with Gasteiger partial charge in [0.15, 0.2) is 0 Å². The number of hydrogen-bond donors (Lipinski definition) is 2. The molecular weight excluding hydrogens is 414 g/mol. The van der Waals surface area contributed by atoms with Gasteiger partial charge in [-0.1, -0.05) is 31.4 Å². The Morgan fingerprint density at radius 1 is 1.18 bits per heavy atom. The number of amides is 1. The molecule has 2 aromatic heterocycles. The van der Waals surface area contributed by atoms with E-state index in [0.29, 0.717) is 24.6 Å². The van der Waals surface area contributed by atoms with Crippen LogP contribution in [0.15, 0.2) is 29.1 Å². The van der Waals surface area contributed by atoms with Crippen LogP contribution in [0.3, 0.4) is 0 Å². The molecule has 0 bridgehead atoms. The van der Waals surface area contributed by atoms with Crippen LogP contribution < -0.4 is 15.8 Å². The van der Waals surface area contributed by atoms with Crippen LogP contribution in [0.1, 0.15) is 60.9 Å². The number of aryl methyl sites for hydroxylation is 3. The van der Waals surface area contributed by atoms with E-state index in [-0.39, 0.29) is 17.9 Å². The summed E-state index contributed by atoms with van der Waals surface area (Å²) in [6.07, 6.45) is 7.21. The van der Waals surface area contributed by atoms with Crippen LogP contribution in [0.25, 0.3) is 11.0 Å². The Kier molecular flexibility index (Phi) is 6.86. The fourth-order valence-corrected chi connectivity index (χ4v) is 5.11. The topological polar surface area (TPSA) is 83.0 Å². The molecule has 1 aromatic carbocycles. The molecule has 0 aliphatic heterocycles. The summed E-state index contributed by atoms with van der Waals surface area (Å²) in [5, 5.41) is 8.35. The van der Waals surface area contributed by atoms with Gasteiger partial charge in [-0.2, -0.15) is 5.10 Å². The summed E-state index contributed by atoms with van der Waals surface area (Å²) < 4.78 is 1.69. The van der Waals surface area contributed by atoms with Gasteiger partial charge >= 0.3 is 0 Å². The maximum Gasteiger partial charge on any atom is 0.253 e. The Morgan fingerprint density at radius 3 is 2.58 bits per heavy atom. The fraction of sp³-hybridized carbons (Fsp3) is 0.500. The number of nitrogens with one attached hydrogen (secondary N) is 2. The minimum absolute atomic E-state index is 0.0554. The van der Waals surface area contributed by atoms with Crippen LogP contribution in [0.4, 0.5) is 5.69 Å². The maximum absolute atomic E-state index is 12.6. The molecule has 7 nitrogen and oxygen atoms in total. The summed E-state index contributed by atoms with van der Waals surface area (Å²) in [5.74, 6) is -0.0554. The Labute approximate surface area is 195 Å². The second-order valence-corrected chi connectivity index (χ2v) is 9.34. The molecule has 1 aliphatic rings. The first-order chi connectivity index (χ1) is 15.8. The van der Waals surface area contributed by atoms with Gasteiger partial charge in [0, 0.05) is 49.7 Å². The molecule has 1 amide bonds. The van der Waals surface area contributed by atoms with Crippen molar-refractivity contribution < 1.29 is 4.79 Å². The van der Waals surface area contributed by atoms with Gasteiger partial charge in [-0.05, 0) is 56.4 Å². The molecule has 4 rings (SSSR count). The molecule has 2 heterocycles. The number of aromatic amines is 1. The monoisotopic (exact) mass is 449 g/mol. The van der Waals surface area contributed by atoms with E-state index in [9.17, 15) is 9.59 Å². The van der Waals surface area contributed by atoms with Gasteiger partial charge in [-0.3, -0.25) is 14.3 Å². The summed E-state index contributed by atoms with van der Waals surface area (Å²) >= 11 is 0. The van der Waals surface area contributed by atoms with E-state index in [1.54, 1.807) is 4.68 Å². The van der Waals surface area contributed by atoms with Crippen molar-refractivity contribution in [2.75, 3.05) is 11.9 Å². The van der Waals surface area contributed by atoms with Crippen LogP contribution in [-0.2, 0) is 24.8 Å². The zero-order chi connectivity index (χ0) is 23.5. The second kappa shape index (κ2) is 9.81. The van der Waals surface area contributed by atoms with Gasteiger partial charge in [-0.15, -0.1) is 0 Å². The Bertz CT molecular complexity index is 1190. The molecule has 3 aromatic rings. The quantitative estimate of drug-likeness (QED) is 0.573. The number of carbonyl (C=O) groups is 1. The first-order valence-electron chi connectivity index (χ1n) is 12.0. The molecule has 0 spiro atoms. The van der Waals surface area contributed by atoms with Crippen molar-refractivity contribution in [3.05, 3.63) is 57.0 Å². The molecule has 176 valence electrons. The second-order valence-electron chi connectivity index (χ2n) is 9.34. The smallest absolute Gasteiger partial charge is 0.253 e. The van der Waals surface area contributed by atoms with E-state index in [1.807, 2.05) is 20.9 Å². The number of pyridine rings is 1. The highest BCUT2D eigenvalue weighted by Gasteiger charge is 2.18. The lowest BCUT2D eigenvalue weighted by Gasteiger charge is -2.33. The molecule has 0 radical (unpaired) electrons. The standard InChI is InChI=1S/C26H35N5O2/c1-17-22(26(33)28-25-24(17)18(2)29-31(25)4)14-15-23(32)27-16-19-10-12-21(13-11-19)30(3)20-8-6-5-7-9-20/h10-13,20H,5-9,14-16H2,1-4H3,(H,27,32)(H,28,33). The summed E-state index contributed by atoms with van der Waals surface area (Å²) in [7, 11) is 4.00. The van der Waals surface area contributed by atoms with E-state index >= 15 is 0 Å². The van der Waals surface area contributed by atoms with Crippen LogP contribution >= 0.6 is 0 Å². The van der Waals surface area contributed by atoms with Crippen molar-refractivity contribution in [1.82, 2.24) is 20.1 Å². The van der Waals surface area contributed by atoms with Crippen molar-refractivity contribution in [2.24, 2.45) is 7.05 Å². The molecule has 0 unspecified atom stereocenters. The summed E-state index contributed by atoms with van der Waals surface area (Å²) in [6, 6.07) is 9.09. The summed E-state index contributed by atoms with van der Waals surface area (Å²) in [6.45, 7) is 4.36. The molecule has 0 saturated heterocycles. The number of aromatic nitrogens is 3. The van der Waals surface area contributed by atoms with Crippen molar-refractivity contribution >= 4 is 22.6 Å². The van der Waals surface area contributed by atoms with E-state index in [0.717, 1.165) is 27.9 Å². The highest BCUT2D eigenvalue weighted by atomic mass is 16.1. The predicted molar refractivity (Wildman–Crippen MR) is 133 cm³/mol. The van der Waals surface area contributed by atoms with Gasteiger partial charge in [0.1, 0.15) is 5.65 Å². The minimum atomic E-state index is -0.145. The molecule has 2 N–H and O–H groups in total. The van der Waals surface area contributed by atoms with Gasteiger partial charge in [0.2, 0.25) is 5.91 Å². The predicted octanol–water partition coefficient (Wildman–Crippen LogP) is 3.90. The highest BCUT2D eigenvalue weighted by Crippen LogP contribution is 2.26. The van der Waals surface area contributed by atoms with E-state index in [4.69, 9.17) is 0 Å². The third-order valence-electron chi connectivity index (χ3n) is 7.11. The molecular formula is C26H35N5O2. The average molecular weight is 450 g/mol. The number of H-pyrrole nitrogens is 1. The normalized spacial score (nSPS) is 14.5. The zero-order valence-corrected chi connectivity index (χ0v) is 20.2. The third-order valence-corrected chi connectivity index (χ3v) is 7.11. The number of carbonyl (C=O) groups excluding carboxylic acids is 1. The van der Waals surface area contributed by atoms with Crippen molar-refractivity contribution in [3.8, 4) is 0 Å². The average Bonchev–Trinajstić information content (AvgIpc) is 3.10. The Balaban J connectivity index is 1.33. The minimum Gasteiger partial charge on any atom is -0.372 e. The van der Waals surface area contributed by atoms with Crippen LogP contribution in [-0.4, -0.2) is 33.8 Å². The molecule has 7 heteroatoms. The summed E-state index contributed by atoms with van der Waals surface area (Å²) in [5.41, 5.74) is 5.32. The van der Waals surface area contributed by atoms with Gasteiger partial charge < -0.3 is 15.2 Å². The van der Waals surface area contributed by atoms with E-state index in [2.05, 4.69) is 51.6 Å². The highest BCUT2D eigenvalue weighted by molar-refractivity contribution is 5.83. The fourth-order valence-electron chi connectivity index (χ4n) is 5.11. The van der Waals surface area contributed by atoms with E-state index < -0.39 is 0 Å². The first-order valence-corrected chi connectivity index (χ1v) is 12.0. The van der Waals surface area contributed by atoms with Gasteiger partial charge in [-0.25, -0.2) is 0 Å². The summed E-state index contributed by atoms with van der Waals surface area (Å²) in [4.78, 5) is 30.4.